The van der Waals surface area contributed by atoms with Gasteiger partial charge in [0.25, 0.3) is 5.91 Å². The highest BCUT2D eigenvalue weighted by molar-refractivity contribution is 5.95. The molecule has 6 heteroatoms. The van der Waals surface area contributed by atoms with Crippen molar-refractivity contribution in [2.75, 3.05) is 0 Å². The smallest absolute Gasteiger partial charge is 0.253 e. The maximum atomic E-state index is 12.3. The summed E-state index contributed by atoms with van der Waals surface area (Å²) in [5.74, 6) is 0.683. The van der Waals surface area contributed by atoms with Gasteiger partial charge in [0, 0.05) is 17.8 Å². The Bertz CT molecular complexity index is 713. The second-order valence-corrected chi connectivity index (χ2v) is 5.86. The van der Waals surface area contributed by atoms with E-state index in [0.29, 0.717) is 17.0 Å². The summed E-state index contributed by atoms with van der Waals surface area (Å²) in [5, 5.41) is 6.74. The van der Waals surface area contributed by atoms with Crippen LogP contribution in [-0.2, 0) is 6.54 Å². The first-order chi connectivity index (χ1) is 10.4. The molecule has 2 heterocycles. The Labute approximate surface area is 128 Å². The number of rotatable bonds is 5. The summed E-state index contributed by atoms with van der Waals surface area (Å²) in [6.45, 7) is 8.15. The fourth-order valence-electron chi connectivity index (χ4n) is 2.09. The number of H-pyrrole nitrogens is 1. The van der Waals surface area contributed by atoms with Crippen LogP contribution in [0.25, 0.3) is 0 Å². The number of carbonyl (C=O) groups excluding carboxylic acids is 1. The number of carbonyl (C=O) groups is 1. The second kappa shape index (κ2) is 6.60. The zero-order valence-corrected chi connectivity index (χ0v) is 13.3. The molecule has 6 nitrogen and oxygen atoms in total. The highest BCUT2D eigenvalue weighted by atomic mass is 16.5. The molecule has 0 radical (unpaired) electrons. The van der Waals surface area contributed by atoms with Crippen LogP contribution < -0.4 is 10.9 Å². The third kappa shape index (κ3) is 3.63. The van der Waals surface area contributed by atoms with Gasteiger partial charge < -0.3 is 14.8 Å². The van der Waals surface area contributed by atoms with Crippen LogP contribution in [0.5, 0.6) is 0 Å². The molecule has 0 saturated carbocycles. The van der Waals surface area contributed by atoms with Crippen molar-refractivity contribution in [1.29, 1.82) is 0 Å². The zero-order chi connectivity index (χ0) is 16.3. The first kappa shape index (κ1) is 16.0. The van der Waals surface area contributed by atoms with Crippen molar-refractivity contribution >= 4 is 5.91 Å². The molecule has 22 heavy (non-hydrogen) atoms. The normalized spacial score (nSPS) is 11.2. The van der Waals surface area contributed by atoms with Gasteiger partial charge in [0.05, 0.1) is 17.8 Å². The Morgan fingerprint density at radius 1 is 1.27 bits per heavy atom. The van der Waals surface area contributed by atoms with E-state index in [4.69, 9.17) is 4.52 Å². The van der Waals surface area contributed by atoms with Gasteiger partial charge in [0.2, 0.25) is 5.56 Å². The van der Waals surface area contributed by atoms with Gasteiger partial charge in [0.1, 0.15) is 0 Å². The fourth-order valence-corrected chi connectivity index (χ4v) is 2.09. The molecule has 2 rings (SSSR count). The van der Waals surface area contributed by atoms with E-state index in [1.165, 1.54) is 6.07 Å². The summed E-state index contributed by atoms with van der Waals surface area (Å²) >= 11 is 0. The van der Waals surface area contributed by atoms with Gasteiger partial charge in [0.15, 0.2) is 5.76 Å². The molecule has 0 atom stereocenters. The van der Waals surface area contributed by atoms with Crippen molar-refractivity contribution in [2.24, 2.45) is 0 Å². The van der Waals surface area contributed by atoms with E-state index < -0.39 is 0 Å². The maximum Gasteiger partial charge on any atom is 0.253 e. The minimum atomic E-state index is -0.248. The van der Waals surface area contributed by atoms with Crippen molar-refractivity contribution in [3.05, 3.63) is 51.3 Å². The Morgan fingerprint density at radius 3 is 2.59 bits per heavy atom. The van der Waals surface area contributed by atoms with Crippen LogP contribution in [0.2, 0.25) is 0 Å². The maximum absolute atomic E-state index is 12.3. The topological polar surface area (TPSA) is 88.0 Å². The number of pyridine rings is 1. The van der Waals surface area contributed by atoms with Crippen LogP contribution in [0, 0.1) is 0 Å². The van der Waals surface area contributed by atoms with Gasteiger partial charge in [-0.15, -0.1) is 0 Å². The van der Waals surface area contributed by atoms with Crippen LogP contribution in [0.1, 0.15) is 67.0 Å². The van der Waals surface area contributed by atoms with E-state index in [0.717, 1.165) is 5.69 Å². The molecule has 2 N–H and O–H groups in total. The molecular weight excluding hydrogens is 282 g/mol. The number of nitrogens with zero attached hydrogens (tertiary/aromatic N) is 1. The number of aromatic nitrogens is 2. The summed E-state index contributed by atoms with van der Waals surface area (Å²) in [6, 6.07) is 4.73. The fraction of sp³-hybridized carbons (Fsp3) is 0.438. The number of hydrogen-bond acceptors (Lipinski definition) is 4. The molecule has 0 aliphatic rings. The number of amides is 1. The van der Waals surface area contributed by atoms with E-state index in [1.54, 1.807) is 6.07 Å². The molecule has 2 aromatic rings. The van der Waals surface area contributed by atoms with E-state index in [2.05, 4.69) is 15.5 Å². The van der Waals surface area contributed by atoms with Crippen LogP contribution in [0.4, 0.5) is 0 Å². The zero-order valence-electron chi connectivity index (χ0n) is 13.3. The van der Waals surface area contributed by atoms with Gasteiger partial charge in [-0.1, -0.05) is 32.9 Å². The predicted molar refractivity (Wildman–Crippen MR) is 82.9 cm³/mol. The third-order valence-electron chi connectivity index (χ3n) is 3.36. The first-order valence-corrected chi connectivity index (χ1v) is 7.35. The van der Waals surface area contributed by atoms with Crippen LogP contribution in [-0.4, -0.2) is 16.0 Å². The molecule has 1 amide bonds. The Balaban J connectivity index is 2.10. The number of nitrogens with one attached hydrogen (secondary N) is 2. The quantitative estimate of drug-likeness (QED) is 0.888. The lowest BCUT2D eigenvalue weighted by Gasteiger charge is -2.11. The minimum Gasteiger partial charge on any atom is -0.359 e. The summed E-state index contributed by atoms with van der Waals surface area (Å²) in [6.07, 6.45) is 0. The SMILES string of the molecule is CC(C)c1cc(CNC(=O)c2ccc(=O)[nH]c2C(C)C)on1. The highest BCUT2D eigenvalue weighted by Crippen LogP contribution is 2.16. The average molecular weight is 303 g/mol. The standard InChI is InChI=1S/C16H21N3O3/c1-9(2)13-7-11(22-19-13)8-17-16(21)12-5-6-14(20)18-15(12)10(3)4/h5-7,9-10H,8H2,1-4H3,(H,17,21)(H,18,20). The van der Waals surface area contributed by atoms with Crippen molar-refractivity contribution in [3.63, 3.8) is 0 Å². The van der Waals surface area contributed by atoms with E-state index in [9.17, 15) is 9.59 Å². The van der Waals surface area contributed by atoms with Crippen molar-refractivity contribution < 1.29 is 9.32 Å². The molecule has 0 saturated heterocycles. The van der Waals surface area contributed by atoms with Crippen LogP contribution in [0.3, 0.4) is 0 Å². The molecule has 0 spiro atoms. The largest absolute Gasteiger partial charge is 0.359 e. The number of aromatic amines is 1. The van der Waals surface area contributed by atoms with Gasteiger partial charge in [-0.05, 0) is 17.9 Å². The summed E-state index contributed by atoms with van der Waals surface area (Å²) < 4.78 is 5.19. The molecule has 118 valence electrons. The molecule has 0 unspecified atom stereocenters. The van der Waals surface area contributed by atoms with E-state index >= 15 is 0 Å². The van der Waals surface area contributed by atoms with E-state index in [1.807, 2.05) is 33.8 Å². The average Bonchev–Trinajstić information content (AvgIpc) is 2.93. The van der Waals surface area contributed by atoms with Crippen molar-refractivity contribution in [3.8, 4) is 0 Å². The third-order valence-corrected chi connectivity index (χ3v) is 3.36. The molecule has 2 aromatic heterocycles. The van der Waals surface area contributed by atoms with Crippen LogP contribution >= 0.6 is 0 Å². The summed E-state index contributed by atoms with van der Waals surface area (Å²) in [5.41, 5.74) is 1.75. The summed E-state index contributed by atoms with van der Waals surface area (Å²) in [7, 11) is 0. The van der Waals surface area contributed by atoms with Gasteiger partial charge in [-0.2, -0.15) is 0 Å². The lowest BCUT2D eigenvalue weighted by Crippen LogP contribution is -2.26. The molecule has 0 aliphatic carbocycles. The molecule has 0 fully saturated rings. The second-order valence-electron chi connectivity index (χ2n) is 5.86. The monoisotopic (exact) mass is 303 g/mol. The molecule has 0 aromatic carbocycles. The van der Waals surface area contributed by atoms with Gasteiger partial charge in [-0.25, -0.2) is 0 Å². The van der Waals surface area contributed by atoms with Gasteiger partial charge >= 0.3 is 0 Å². The Hall–Kier alpha value is -2.37. The number of hydrogen-bond donors (Lipinski definition) is 2. The Kier molecular flexibility index (Phi) is 4.80. The minimum absolute atomic E-state index is 0.0486. The predicted octanol–water partition coefficient (Wildman–Crippen LogP) is 2.54. The van der Waals surface area contributed by atoms with Crippen LogP contribution in [0.15, 0.2) is 27.5 Å². The lowest BCUT2D eigenvalue weighted by atomic mass is 10.0. The Morgan fingerprint density at radius 2 is 2.00 bits per heavy atom. The lowest BCUT2D eigenvalue weighted by molar-refractivity contribution is 0.0945. The molecular formula is C16H21N3O3. The van der Waals surface area contributed by atoms with E-state index in [-0.39, 0.29) is 29.8 Å². The van der Waals surface area contributed by atoms with Crippen molar-refractivity contribution in [2.45, 2.75) is 46.1 Å². The summed E-state index contributed by atoms with van der Waals surface area (Å²) in [4.78, 5) is 26.4. The molecule has 0 aliphatic heterocycles. The van der Waals surface area contributed by atoms with Crippen molar-refractivity contribution in [1.82, 2.24) is 15.5 Å². The highest BCUT2D eigenvalue weighted by Gasteiger charge is 2.15. The van der Waals surface area contributed by atoms with Gasteiger partial charge in [-0.3, -0.25) is 9.59 Å². The first-order valence-electron chi connectivity index (χ1n) is 7.35. The molecule has 0 bridgehead atoms.